The van der Waals surface area contributed by atoms with E-state index in [1.807, 2.05) is 20.8 Å². The van der Waals surface area contributed by atoms with Crippen LogP contribution in [0.3, 0.4) is 0 Å². The van der Waals surface area contributed by atoms with E-state index in [-0.39, 0.29) is 17.9 Å². The minimum atomic E-state index is -1.51. The van der Waals surface area contributed by atoms with Gasteiger partial charge in [0.1, 0.15) is 17.3 Å². The molecule has 0 radical (unpaired) electrons. The highest BCUT2D eigenvalue weighted by Crippen LogP contribution is 2.59. The smallest absolute Gasteiger partial charge is 0.237 e. The molecule has 0 aliphatic carbocycles. The second kappa shape index (κ2) is 8.55. The number of halogens is 3. The Bertz CT molecular complexity index is 1120. The second-order valence-corrected chi connectivity index (χ2v) is 10.5. The predicted molar refractivity (Wildman–Crippen MR) is 127 cm³/mol. The number of primary amides is 1. The number of anilines is 1. The van der Waals surface area contributed by atoms with E-state index >= 15 is 0 Å². The van der Waals surface area contributed by atoms with Gasteiger partial charge >= 0.3 is 0 Å². The van der Waals surface area contributed by atoms with Gasteiger partial charge in [0.15, 0.2) is 0 Å². The van der Waals surface area contributed by atoms with Crippen molar-refractivity contribution in [1.82, 2.24) is 5.06 Å². The molecule has 2 aliphatic rings. The van der Waals surface area contributed by atoms with Crippen molar-refractivity contribution in [2.24, 2.45) is 11.1 Å². The van der Waals surface area contributed by atoms with E-state index < -0.39 is 41.0 Å². The van der Waals surface area contributed by atoms with Crippen LogP contribution in [0.5, 0.6) is 0 Å². The fraction of sp³-hybridized carbons (Fsp3) is 0.417. The number of benzene rings is 2. The zero-order valence-electron chi connectivity index (χ0n) is 17.8. The molecule has 2 amide bonds. The molecule has 4 atom stereocenters. The molecule has 2 aliphatic heterocycles. The van der Waals surface area contributed by atoms with E-state index in [0.717, 1.165) is 5.06 Å². The summed E-state index contributed by atoms with van der Waals surface area (Å²) in [5, 5.41) is 15.2. The quantitative estimate of drug-likeness (QED) is 0.551. The van der Waals surface area contributed by atoms with Gasteiger partial charge in [-0.25, -0.2) is 4.39 Å². The largest absolute Gasteiger partial charge is 0.368 e. The van der Waals surface area contributed by atoms with E-state index in [1.165, 1.54) is 12.1 Å². The highest BCUT2D eigenvalue weighted by atomic mass is 35.5. The van der Waals surface area contributed by atoms with Crippen LogP contribution >= 0.6 is 23.2 Å². The summed E-state index contributed by atoms with van der Waals surface area (Å²) in [6.45, 7) is 5.87. The molecule has 178 valence electrons. The number of carbonyl (C=O) groups is 2. The number of carbonyl (C=O) groups excluding carboxylic acids is 2. The maximum atomic E-state index is 14.7. The molecule has 6 nitrogen and oxygen atoms in total. The Morgan fingerprint density at radius 3 is 2.52 bits per heavy atom. The van der Waals surface area contributed by atoms with Gasteiger partial charge in [0.25, 0.3) is 0 Å². The number of amides is 2. The molecule has 0 aromatic heterocycles. The summed E-state index contributed by atoms with van der Waals surface area (Å²) in [7, 11) is 0. The third-order valence-corrected chi connectivity index (χ3v) is 6.90. The van der Waals surface area contributed by atoms with Crippen LogP contribution in [0, 0.1) is 11.2 Å². The van der Waals surface area contributed by atoms with Gasteiger partial charge in [-0.05, 0) is 47.2 Å². The Morgan fingerprint density at radius 2 is 1.94 bits per heavy atom. The molecular weight excluding hydrogens is 468 g/mol. The zero-order chi connectivity index (χ0) is 23.6. The van der Waals surface area contributed by atoms with Crippen LogP contribution in [-0.4, -0.2) is 34.2 Å². The van der Waals surface area contributed by atoms with Crippen molar-refractivity contribution in [2.75, 3.05) is 5.32 Å². The highest BCUT2D eigenvalue weighted by molar-refractivity contribution is 6.31. The fourth-order valence-corrected chi connectivity index (χ4v) is 5.63. The first kappa shape index (κ1) is 25.4. The molecule has 0 saturated carbocycles. The second-order valence-electron chi connectivity index (χ2n) is 9.68. The number of rotatable bonds is 3. The van der Waals surface area contributed by atoms with Crippen molar-refractivity contribution in [3.8, 4) is 0 Å². The highest BCUT2D eigenvalue weighted by Gasteiger charge is 2.69. The van der Waals surface area contributed by atoms with Crippen LogP contribution < -0.4 is 11.1 Å². The van der Waals surface area contributed by atoms with Gasteiger partial charge in [-0.2, -0.15) is 5.06 Å². The molecule has 1 saturated heterocycles. The summed E-state index contributed by atoms with van der Waals surface area (Å²) < 4.78 is 14.7. The molecule has 2 heterocycles. The number of fused-ring (bicyclic) bond motifs is 2. The first-order chi connectivity index (χ1) is 14.9. The summed E-state index contributed by atoms with van der Waals surface area (Å²) >= 11 is 12.2. The Labute approximate surface area is 202 Å². The van der Waals surface area contributed by atoms with Gasteiger partial charge in [-0.15, -0.1) is 0 Å². The summed E-state index contributed by atoms with van der Waals surface area (Å²) in [5.41, 5.74) is 5.10. The first-order valence-electron chi connectivity index (χ1n) is 10.2. The lowest BCUT2D eigenvalue weighted by molar-refractivity contribution is -0.162. The van der Waals surface area contributed by atoms with Crippen LogP contribution in [0.2, 0.25) is 10.0 Å². The van der Waals surface area contributed by atoms with Gasteiger partial charge in [0, 0.05) is 16.6 Å². The third-order valence-electron chi connectivity index (χ3n) is 6.37. The molecule has 4 unspecified atom stereocenters. The van der Waals surface area contributed by atoms with Crippen molar-refractivity contribution in [3.63, 3.8) is 0 Å². The van der Waals surface area contributed by atoms with E-state index in [9.17, 15) is 19.2 Å². The number of nitrogens with two attached hydrogens (primary N) is 1. The normalized spacial score (nSPS) is 26.8. The molecule has 33 heavy (non-hydrogen) atoms. The fourth-order valence-electron chi connectivity index (χ4n) is 5.27. The van der Waals surface area contributed by atoms with Crippen LogP contribution in [0.4, 0.5) is 10.1 Å². The van der Waals surface area contributed by atoms with Crippen molar-refractivity contribution < 1.29 is 19.2 Å². The molecular formula is C24H28Cl2FN3O3. The lowest BCUT2D eigenvalue weighted by Gasteiger charge is -2.38. The van der Waals surface area contributed by atoms with Gasteiger partial charge in [-0.1, -0.05) is 63.5 Å². The van der Waals surface area contributed by atoms with Crippen molar-refractivity contribution in [2.45, 2.75) is 58.0 Å². The molecule has 4 N–H and O–H groups in total. The molecule has 1 fully saturated rings. The standard InChI is InChI=1S/C23H24Cl2FN3O3.CH4/c1-22(2,3)10-17-23(13-8-15(26)14(25)9-16(13)28-21(23)31)18(19(20(27)30)29(17)32)11-5-4-6-12(24)7-11;/h4-9,17-19,32H,10H2,1-3H3,(H2,27,30)(H,28,31);1H4. The number of hydrogen-bond donors (Lipinski definition) is 3. The lowest BCUT2D eigenvalue weighted by Crippen LogP contribution is -2.50. The minimum absolute atomic E-state index is 0. The Hall–Kier alpha value is -2.19. The van der Waals surface area contributed by atoms with Crippen LogP contribution in [0.15, 0.2) is 36.4 Å². The predicted octanol–water partition coefficient (Wildman–Crippen LogP) is 5.11. The van der Waals surface area contributed by atoms with Gasteiger partial charge in [-0.3, -0.25) is 9.59 Å². The van der Waals surface area contributed by atoms with Crippen LogP contribution in [0.25, 0.3) is 0 Å². The molecule has 9 heteroatoms. The average molecular weight is 496 g/mol. The first-order valence-corrected chi connectivity index (χ1v) is 11.0. The number of nitrogens with one attached hydrogen (secondary N) is 1. The monoisotopic (exact) mass is 495 g/mol. The summed E-state index contributed by atoms with van der Waals surface area (Å²) in [5.74, 6) is -2.88. The van der Waals surface area contributed by atoms with Gasteiger partial charge < -0.3 is 16.3 Å². The molecule has 2 aromatic rings. The molecule has 2 aromatic carbocycles. The van der Waals surface area contributed by atoms with E-state index in [2.05, 4.69) is 5.32 Å². The Balaban J connectivity index is 0.00000306. The van der Waals surface area contributed by atoms with E-state index in [1.54, 1.807) is 24.3 Å². The zero-order valence-corrected chi connectivity index (χ0v) is 19.3. The van der Waals surface area contributed by atoms with Gasteiger partial charge in [0.05, 0.1) is 11.1 Å². The Kier molecular flexibility index (Phi) is 6.59. The summed E-state index contributed by atoms with van der Waals surface area (Å²) in [4.78, 5) is 26.4. The maximum absolute atomic E-state index is 14.7. The summed E-state index contributed by atoms with van der Waals surface area (Å²) in [6.07, 6.45) is 0.321. The molecule has 1 spiro atoms. The summed E-state index contributed by atoms with van der Waals surface area (Å²) in [6, 6.07) is 7.16. The SMILES string of the molecule is C.CC(C)(C)CC1N(O)C(C(N)=O)C(c2cccc(Cl)c2)C12C(=O)Nc1cc(Cl)c(F)cc12. The lowest BCUT2D eigenvalue weighted by atomic mass is 9.62. The number of nitrogens with zero attached hydrogens (tertiary/aromatic N) is 1. The maximum Gasteiger partial charge on any atom is 0.237 e. The molecule has 4 rings (SSSR count). The van der Waals surface area contributed by atoms with Crippen molar-refractivity contribution in [3.05, 3.63) is 63.4 Å². The number of hydrogen-bond acceptors (Lipinski definition) is 4. The third kappa shape index (κ3) is 3.91. The average Bonchev–Trinajstić information content (AvgIpc) is 3.08. The molecule has 0 bridgehead atoms. The van der Waals surface area contributed by atoms with Crippen LogP contribution in [0.1, 0.15) is 51.7 Å². The van der Waals surface area contributed by atoms with E-state index in [0.29, 0.717) is 28.3 Å². The minimum Gasteiger partial charge on any atom is -0.368 e. The number of hydroxylamine groups is 2. The Morgan fingerprint density at radius 1 is 1.27 bits per heavy atom. The van der Waals surface area contributed by atoms with Crippen LogP contribution in [-0.2, 0) is 15.0 Å². The van der Waals surface area contributed by atoms with Gasteiger partial charge in [0.2, 0.25) is 11.8 Å². The van der Waals surface area contributed by atoms with E-state index in [4.69, 9.17) is 28.9 Å². The van der Waals surface area contributed by atoms with Crippen molar-refractivity contribution >= 4 is 40.7 Å². The topological polar surface area (TPSA) is 95.7 Å². The van der Waals surface area contributed by atoms with Crippen molar-refractivity contribution in [1.29, 1.82) is 0 Å².